The molecule has 0 spiro atoms. The molecule has 4 rings (SSSR count). The third kappa shape index (κ3) is 2.12. The summed E-state index contributed by atoms with van der Waals surface area (Å²) in [5.74, 6) is 0.975. The number of carbonyl (C=O) groups is 1. The molecular weight excluding hydrogens is 290 g/mol. The van der Waals surface area contributed by atoms with Crippen LogP contribution in [0.3, 0.4) is 0 Å². The lowest BCUT2D eigenvalue weighted by Crippen LogP contribution is -2.43. The van der Waals surface area contributed by atoms with Crippen LogP contribution >= 0.6 is 0 Å². The first-order valence-corrected chi connectivity index (χ1v) is 7.75. The largest absolute Gasteiger partial charge is 0.348 e. The Morgan fingerprint density at radius 3 is 3.00 bits per heavy atom. The second kappa shape index (κ2) is 4.92. The van der Waals surface area contributed by atoms with Crippen LogP contribution in [0, 0.1) is 17.2 Å². The highest BCUT2D eigenvalue weighted by atomic mass is 16.1. The number of hydrogen-bond donors (Lipinski definition) is 1. The van der Waals surface area contributed by atoms with Crippen molar-refractivity contribution in [2.45, 2.75) is 31.2 Å². The van der Waals surface area contributed by atoms with E-state index in [1.165, 1.54) is 0 Å². The van der Waals surface area contributed by atoms with E-state index in [2.05, 4.69) is 27.6 Å². The van der Waals surface area contributed by atoms with E-state index in [0.717, 1.165) is 41.8 Å². The maximum absolute atomic E-state index is 12.0. The van der Waals surface area contributed by atoms with Gasteiger partial charge in [0.1, 0.15) is 12.2 Å². The Balaban J connectivity index is 1.72. The van der Waals surface area contributed by atoms with Gasteiger partial charge in [0.25, 0.3) is 5.91 Å². The lowest BCUT2D eigenvalue weighted by molar-refractivity contribution is 0.0965. The summed E-state index contributed by atoms with van der Waals surface area (Å²) in [6, 6.07) is 8.49. The summed E-state index contributed by atoms with van der Waals surface area (Å²) in [6.45, 7) is 0.603. The number of amides is 1. The standard InChI is InChI=1S/C17H17N5O/c1-22-10-20-21-15(22)7-17(5-11(6-17)8-18)13-3-2-12-9-19-16(23)14(12)4-13/h2-4,10-11H,5-7,9H2,1H3,(H,19,23). The van der Waals surface area contributed by atoms with Crippen LogP contribution in [0.5, 0.6) is 0 Å². The number of rotatable bonds is 3. The molecule has 1 aliphatic carbocycles. The molecule has 23 heavy (non-hydrogen) atoms. The van der Waals surface area contributed by atoms with E-state index in [1.54, 1.807) is 6.33 Å². The molecule has 1 N–H and O–H groups in total. The number of nitriles is 1. The maximum atomic E-state index is 12.0. The first-order chi connectivity index (χ1) is 11.1. The minimum atomic E-state index is -0.126. The summed E-state index contributed by atoms with van der Waals surface area (Å²) in [6.07, 6.45) is 4.04. The fourth-order valence-electron chi connectivity index (χ4n) is 3.77. The summed E-state index contributed by atoms with van der Waals surface area (Å²) in [5.41, 5.74) is 2.81. The fourth-order valence-corrected chi connectivity index (χ4v) is 3.77. The summed E-state index contributed by atoms with van der Waals surface area (Å²) >= 11 is 0. The maximum Gasteiger partial charge on any atom is 0.251 e. The summed E-state index contributed by atoms with van der Waals surface area (Å²) in [7, 11) is 1.93. The second-order valence-electron chi connectivity index (χ2n) is 6.60. The Morgan fingerprint density at radius 1 is 1.48 bits per heavy atom. The molecule has 6 nitrogen and oxygen atoms in total. The van der Waals surface area contributed by atoms with Gasteiger partial charge in [0.2, 0.25) is 0 Å². The van der Waals surface area contributed by atoms with E-state index < -0.39 is 0 Å². The molecular formula is C17H17N5O. The molecule has 2 aromatic rings. The van der Waals surface area contributed by atoms with Crippen LogP contribution in [0.15, 0.2) is 24.5 Å². The third-order valence-electron chi connectivity index (χ3n) is 5.16. The Hall–Kier alpha value is -2.68. The van der Waals surface area contributed by atoms with Crippen molar-refractivity contribution < 1.29 is 4.79 Å². The average Bonchev–Trinajstić information content (AvgIpc) is 3.09. The predicted octanol–water partition coefficient (Wildman–Crippen LogP) is 1.47. The van der Waals surface area contributed by atoms with Crippen molar-refractivity contribution in [1.82, 2.24) is 20.1 Å². The van der Waals surface area contributed by atoms with Gasteiger partial charge < -0.3 is 9.88 Å². The van der Waals surface area contributed by atoms with E-state index in [9.17, 15) is 10.1 Å². The number of fused-ring (bicyclic) bond motifs is 1. The Labute approximate surface area is 134 Å². The van der Waals surface area contributed by atoms with Crippen LogP contribution in [0.4, 0.5) is 0 Å². The van der Waals surface area contributed by atoms with Gasteiger partial charge in [-0.15, -0.1) is 10.2 Å². The number of hydrogen-bond acceptors (Lipinski definition) is 4. The van der Waals surface area contributed by atoms with E-state index in [0.29, 0.717) is 6.54 Å². The average molecular weight is 307 g/mol. The molecule has 6 heteroatoms. The van der Waals surface area contributed by atoms with Crippen LogP contribution in [-0.2, 0) is 25.4 Å². The van der Waals surface area contributed by atoms with Crippen molar-refractivity contribution in [3.63, 3.8) is 0 Å². The van der Waals surface area contributed by atoms with Gasteiger partial charge in [0.05, 0.1) is 6.07 Å². The van der Waals surface area contributed by atoms with Gasteiger partial charge >= 0.3 is 0 Å². The van der Waals surface area contributed by atoms with Crippen LogP contribution < -0.4 is 5.32 Å². The van der Waals surface area contributed by atoms with Gasteiger partial charge in [-0.25, -0.2) is 0 Å². The van der Waals surface area contributed by atoms with Crippen molar-refractivity contribution in [1.29, 1.82) is 5.26 Å². The van der Waals surface area contributed by atoms with Crippen molar-refractivity contribution in [2.75, 3.05) is 0 Å². The van der Waals surface area contributed by atoms with E-state index in [1.807, 2.05) is 23.7 Å². The Morgan fingerprint density at radius 2 is 2.30 bits per heavy atom. The van der Waals surface area contributed by atoms with Crippen LogP contribution in [0.1, 0.15) is 40.2 Å². The van der Waals surface area contributed by atoms with E-state index in [-0.39, 0.29) is 17.2 Å². The van der Waals surface area contributed by atoms with Crippen molar-refractivity contribution >= 4 is 5.91 Å². The topological polar surface area (TPSA) is 83.6 Å². The van der Waals surface area contributed by atoms with Crippen molar-refractivity contribution in [3.05, 3.63) is 47.0 Å². The van der Waals surface area contributed by atoms with Gasteiger partial charge in [-0.3, -0.25) is 4.79 Å². The zero-order valence-electron chi connectivity index (χ0n) is 12.9. The molecule has 1 aromatic heterocycles. The fraction of sp³-hybridized carbons (Fsp3) is 0.412. The Kier molecular flexibility index (Phi) is 2.98. The Bertz CT molecular complexity index is 826. The summed E-state index contributed by atoms with van der Waals surface area (Å²) in [5, 5.41) is 20.2. The van der Waals surface area contributed by atoms with Gasteiger partial charge in [0, 0.05) is 36.9 Å². The zero-order chi connectivity index (χ0) is 16.0. The first kappa shape index (κ1) is 13.9. The van der Waals surface area contributed by atoms with Gasteiger partial charge in [-0.05, 0) is 30.0 Å². The number of nitrogens with one attached hydrogen (secondary N) is 1. The molecule has 1 aromatic carbocycles. The molecule has 1 aliphatic heterocycles. The first-order valence-electron chi connectivity index (χ1n) is 7.75. The lowest BCUT2D eigenvalue weighted by Gasteiger charge is -2.45. The molecule has 116 valence electrons. The lowest BCUT2D eigenvalue weighted by atomic mass is 9.57. The highest BCUT2D eigenvalue weighted by molar-refractivity contribution is 5.98. The molecule has 0 unspecified atom stereocenters. The normalized spacial score (nSPS) is 25.4. The summed E-state index contributed by atoms with van der Waals surface area (Å²) < 4.78 is 1.92. The molecule has 0 saturated heterocycles. The van der Waals surface area contributed by atoms with Gasteiger partial charge in [-0.2, -0.15) is 5.26 Å². The van der Waals surface area contributed by atoms with E-state index >= 15 is 0 Å². The third-order valence-corrected chi connectivity index (χ3v) is 5.16. The minimum Gasteiger partial charge on any atom is -0.348 e. The number of carbonyl (C=O) groups excluding carboxylic acids is 1. The van der Waals surface area contributed by atoms with Crippen molar-refractivity contribution in [3.8, 4) is 6.07 Å². The molecule has 1 amide bonds. The van der Waals surface area contributed by atoms with Crippen molar-refractivity contribution in [2.24, 2.45) is 13.0 Å². The summed E-state index contributed by atoms with van der Waals surface area (Å²) in [4.78, 5) is 12.0. The number of nitrogens with zero attached hydrogens (tertiary/aromatic N) is 4. The van der Waals surface area contributed by atoms with Crippen LogP contribution in [0.25, 0.3) is 0 Å². The monoisotopic (exact) mass is 307 g/mol. The predicted molar refractivity (Wildman–Crippen MR) is 82.3 cm³/mol. The molecule has 1 fully saturated rings. The second-order valence-corrected chi connectivity index (χ2v) is 6.60. The number of aryl methyl sites for hydroxylation is 1. The van der Waals surface area contributed by atoms with Gasteiger partial charge in [0.15, 0.2) is 0 Å². The number of aromatic nitrogens is 3. The van der Waals surface area contributed by atoms with Crippen LogP contribution in [0.2, 0.25) is 0 Å². The quantitative estimate of drug-likeness (QED) is 0.930. The molecule has 2 heterocycles. The number of benzene rings is 1. The molecule has 0 bridgehead atoms. The molecule has 0 radical (unpaired) electrons. The SMILES string of the molecule is Cn1cnnc1CC1(c2ccc3c(c2)C(=O)NC3)CC(C#N)C1. The molecule has 0 atom stereocenters. The van der Waals surface area contributed by atoms with Crippen LogP contribution in [-0.4, -0.2) is 20.7 Å². The smallest absolute Gasteiger partial charge is 0.251 e. The molecule has 2 aliphatic rings. The molecule has 1 saturated carbocycles. The minimum absolute atomic E-state index is 0.00758. The highest BCUT2D eigenvalue weighted by Gasteiger charge is 2.47. The van der Waals surface area contributed by atoms with Gasteiger partial charge in [-0.1, -0.05) is 12.1 Å². The highest BCUT2D eigenvalue weighted by Crippen LogP contribution is 2.50. The zero-order valence-corrected chi connectivity index (χ0v) is 12.9. The van der Waals surface area contributed by atoms with E-state index in [4.69, 9.17) is 0 Å².